The van der Waals surface area contributed by atoms with Gasteiger partial charge in [-0.05, 0) is 12.8 Å². The summed E-state index contributed by atoms with van der Waals surface area (Å²) in [5.74, 6) is -0.267. The second kappa shape index (κ2) is 7.80. The number of ether oxygens (including phenoxy) is 1. The Morgan fingerprint density at radius 1 is 1.36 bits per heavy atom. The molecule has 0 aliphatic carbocycles. The Bertz CT molecular complexity index is 157. The van der Waals surface area contributed by atoms with Crippen molar-refractivity contribution in [2.24, 2.45) is 5.92 Å². The minimum Gasteiger partial charge on any atom is -0.436 e. The van der Waals surface area contributed by atoms with E-state index in [9.17, 15) is 9.90 Å². The Labute approximate surface area is 86.5 Å². The fraction of sp³-hybridized carbons (Fsp3) is 0.909. The summed E-state index contributed by atoms with van der Waals surface area (Å²) in [4.78, 5) is 11.2. The number of rotatable bonds is 7. The predicted octanol–water partition coefficient (Wildman–Crippen LogP) is 2.47. The summed E-state index contributed by atoms with van der Waals surface area (Å²) in [7, 11) is 0. The Morgan fingerprint density at radius 2 is 2.00 bits per heavy atom. The van der Waals surface area contributed by atoms with E-state index in [0.29, 0.717) is 6.42 Å². The highest BCUT2D eigenvalue weighted by molar-refractivity contribution is 5.69. The summed E-state index contributed by atoms with van der Waals surface area (Å²) >= 11 is 0. The van der Waals surface area contributed by atoms with Crippen molar-refractivity contribution in [2.45, 2.75) is 59.2 Å². The van der Waals surface area contributed by atoms with Gasteiger partial charge in [-0.1, -0.05) is 33.6 Å². The van der Waals surface area contributed by atoms with Crippen molar-refractivity contribution in [1.29, 1.82) is 0 Å². The zero-order chi connectivity index (χ0) is 11.0. The zero-order valence-electron chi connectivity index (χ0n) is 9.45. The van der Waals surface area contributed by atoms with E-state index < -0.39 is 6.29 Å². The van der Waals surface area contributed by atoms with Gasteiger partial charge in [0, 0.05) is 12.3 Å². The molecule has 14 heavy (non-hydrogen) atoms. The van der Waals surface area contributed by atoms with Gasteiger partial charge in [0.1, 0.15) is 0 Å². The van der Waals surface area contributed by atoms with Crippen molar-refractivity contribution in [3.05, 3.63) is 0 Å². The molecule has 0 spiro atoms. The molecule has 3 nitrogen and oxygen atoms in total. The van der Waals surface area contributed by atoms with E-state index in [1.165, 1.54) is 0 Å². The lowest BCUT2D eigenvalue weighted by atomic mass is 10.1. The van der Waals surface area contributed by atoms with E-state index in [1.807, 2.05) is 13.8 Å². The molecule has 0 aromatic rings. The molecule has 0 saturated heterocycles. The Morgan fingerprint density at radius 3 is 2.50 bits per heavy atom. The molecule has 2 unspecified atom stereocenters. The average molecular weight is 202 g/mol. The van der Waals surface area contributed by atoms with Crippen LogP contribution in [0.25, 0.3) is 0 Å². The second-order valence-corrected chi connectivity index (χ2v) is 3.72. The van der Waals surface area contributed by atoms with Crippen molar-refractivity contribution in [2.75, 3.05) is 0 Å². The van der Waals surface area contributed by atoms with Gasteiger partial charge in [0.15, 0.2) is 0 Å². The van der Waals surface area contributed by atoms with Gasteiger partial charge in [0.2, 0.25) is 6.29 Å². The van der Waals surface area contributed by atoms with Crippen LogP contribution < -0.4 is 0 Å². The summed E-state index contributed by atoms with van der Waals surface area (Å²) in [6.07, 6.45) is 3.26. The topological polar surface area (TPSA) is 46.5 Å². The summed E-state index contributed by atoms with van der Waals surface area (Å²) in [5, 5.41) is 9.40. The number of esters is 1. The second-order valence-electron chi connectivity index (χ2n) is 3.72. The van der Waals surface area contributed by atoms with Crippen LogP contribution in [0.1, 0.15) is 52.9 Å². The first-order valence-corrected chi connectivity index (χ1v) is 5.49. The molecule has 0 aromatic carbocycles. The van der Waals surface area contributed by atoms with Gasteiger partial charge in [-0.25, -0.2) is 0 Å². The molecular formula is C11H22O3. The minimum absolute atomic E-state index is 0.0186. The fourth-order valence-electron chi connectivity index (χ4n) is 1.03. The van der Waals surface area contributed by atoms with Gasteiger partial charge in [0.05, 0.1) is 0 Å². The summed E-state index contributed by atoms with van der Waals surface area (Å²) in [6.45, 7) is 5.90. The molecular weight excluding hydrogens is 180 g/mol. The van der Waals surface area contributed by atoms with Crippen LogP contribution in [-0.2, 0) is 9.53 Å². The average Bonchev–Trinajstić information content (AvgIpc) is 2.16. The molecule has 1 N–H and O–H groups in total. The molecule has 0 heterocycles. The molecule has 3 heteroatoms. The number of hydrogen-bond donors (Lipinski definition) is 1. The van der Waals surface area contributed by atoms with E-state index in [1.54, 1.807) is 0 Å². The predicted molar refractivity (Wildman–Crippen MR) is 55.7 cm³/mol. The molecule has 0 rings (SSSR count). The number of aliphatic hydroxyl groups is 1. The van der Waals surface area contributed by atoms with Crippen LogP contribution in [0.5, 0.6) is 0 Å². The maximum atomic E-state index is 11.2. The van der Waals surface area contributed by atoms with E-state index in [-0.39, 0.29) is 11.9 Å². The Hall–Kier alpha value is -0.570. The van der Waals surface area contributed by atoms with Crippen LogP contribution in [0.2, 0.25) is 0 Å². The smallest absolute Gasteiger partial charge is 0.308 e. The largest absolute Gasteiger partial charge is 0.436 e. The van der Waals surface area contributed by atoms with Crippen molar-refractivity contribution < 1.29 is 14.6 Å². The van der Waals surface area contributed by atoms with Gasteiger partial charge in [-0.2, -0.15) is 0 Å². The molecule has 0 bridgehead atoms. The third-order valence-corrected chi connectivity index (χ3v) is 2.37. The molecule has 84 valence electrons. The minimum atomic E-state index is -0.936. The van der Waals surface area contributed by atoms with Crippen molar-refractivity contribution in [3.8, 4) is 0 Å². The number of carbonyl (C=O) groups excluding carboxylic acids is 1. The third kappa shape index (κ3) is 5.97. The van der Waals surface area contributed by atoms with Crippen molar-refractivity contribution >= 4 is 5.97 Å². The third-order valence-electron chi connectivity index (χ3n) is 2.37. The van der Waals surface area contributed by atoms with Crippen molar-refractivity contribution in [3.63, 3.8) is 0 Å². The summed E-state index contributed by atoms with van der Waals surface area (Å²) < 4.78 is 4.87. The maximum absolute atomic E-state index is 11.2. The molecule has 0 saturated carbocycles. The Balaban J connectivity index is 3.60. The van der Waals surface area contributed by atoms with Gasteiger partial charge in [0.25, 0.3) is 0 Å². The lowest BCUT2D eigenvalue weighted by Crippen LogP contribution is -2.24. The van der Waals surface area contributed by atoms with E-state index in [4.69, 9.17) is 4.74 Å². The standard InChI is InChI=1S/C11H22O3/c1-4-6-7-8-10(12)14-11(13)9(3)5-2/h9,11,13H,4-8H2,1-3H3. The molecule has 0 aliphatic rings. The van der Waals surface area contributed by atoms with Gasteiger partial charge in [-0.15, -0.1) is 0 Å². The normalized spacial score (nSPS) is 14.9. The molecule has 2 atom stereocenters. The first-order chi connectivity index (χ1) is 6.61. The SMILES string of the molecule is CCCCCC(=O)OC(O)C(C)CC. The summed E-state index contributed by atoms with van der Waals surface area (Å²) in [5.41, 5.74) is 0. The van der Waals surface area contributed by atoms with Crippen LogP contribution in [0.3, 0.4) is 0 Å². The lowest BCUT2D eigenvalue weighted by molar-refractivity contribution is -0.176. The first kappa shape index (κ1) is 13.4. The van der Waals surface area contributed by atoms with Crippen LogP contribution in [-0.4, -0.2) is 17.4 Å². The highest BCUT2D eigenvalue weighted by Crippen LogP contribution is 2.10. The quantitative estimate of drug-likeness (QED) is 0.392. The molecule has 0 aromatic heterocycles. The molecule has 0 fully saturated rings. The molecule has 0 amide bonds. The highest BCUT2D eigenvalue weighted by Gasteiger charge is 2.16. The summed E-state index contributed by atoms with van der Waals surface area (Å²) in [6, 6.07) is 0. The van der Waals surface area contributed by atoms with Gasteiger partial charge in [-0.3, -0.25) is 4.79 Å². The number of unbranched alkanes of at least 4 members (excludes halogenated alkanes) is 2. The monoisotopic (exact) mass is 202 g/mol. The highest BCUT2D eigenvalue weighted by atomic mass is 16.6. The number of aliphatic hydroxyl groups excluding tert-OH is 1. The van der Waals surface area contributed by atoms with Crippen LogP contribution >= 0.6 is 0 Å². The van der Waals surface area contributed by atoms with Crippen molar-refractivity contribution in [1.82, 2.24) is 0 Å². The van der Waals surface area contributed by atoms with Gasteiger partial charge < -0.3 is 9.84 Å². The van der Waals surface area contributed by atoms with Gasteiger partial charge >= 0.3 is 5.97 Å². The van der Waals surface area contributed by atoms with E-state index >= 15 is 0 Å². The van der Waals surface area contributed by atoms with E-state index in [0.717, 1.165) is 25.7 Å². The van der Waals surface area contributed by atoms with E-state index in [2.05, 4.69) is 6.92 Å². The lowest BCUT2D eigenvalue weighted by Gasteiger charge is -2.17. The molecule has 0 radical (unpaired) electrons. The Kier molecular flexibility index (Phi) is 7.48. The van der Waals surface area contributed by atoms with Crippen LogP contribution in [0.4, 0.5) is 0 Å². The number of carbonyl (C=O) groups is 1. The fourth-order valence-corrected chi connectivity index (χ4v) is 1.03. The zero-order valence-corrected chi connectivity index (χ0v) is 9.45. The van der Waals surface area contributed by atoms with Crippen LogP contribution in [0.15, 0.2) is 0 Å². The van der Waals surface area contributed by atoms with Crippen LogP contribution in [0, 0.1) is 5.92 Å². The molecule has 0 aliphatic heterocycles. The maximum Gasteiger partial charge on any atom is 0.308 e. The first-order valence-electron chi connectivity index (χ1n) is 5.49. The number of hydrogen-bond acceptors (Lipinski definition) is 3.